The van der Waals surface area contributed by atoms with Crippen LogP contribution in [0.3, 0.4) is 0 Å². The molecule has 7 heteroatoms. The third kappa shape index (κ3) is 3.59. The lowest BCUT2D eigenvalue weighted by Crippen LogP contribution is -2.23. The second-order valence-electron chi connectivity index (χ2n) is 5.45. The molecule has 3 heterocycles. The average Bonchev–Trinajstić information content (AvgIpc) is 3.00. The van der Waals surface area contributed by atoms with Crippen LogP contribution in [0.4, 0.5) is 5.69 Å². The zero-order valence-electron chi connectivity index (χ0n) is 12.6. The summed E-state index contributed by atoms with van der Waals surface area (Å²) in [6.45, 7) is 2.80. The fourth-order valence-electron chi connectivity index (χ4n) is 2.53. The second kappa shape index (κ2) is 7.11. The lowest BCUT2D eigenvalue weighted by molar-refractivity contribution is -0.113. The highest BCUT2D eigenvalue weighted by Gasteiger charge is 2.15. The van der Waals surface area contributed by atoms with Gasteiger partial charge in [-0.3, -0.25) is 4.79 Å². The molecular weight excluding hydrogens is 300 g/mol. The number of amides is 1. The van der Waals surface area contributed by atoms with Crippen LogP contribution in [0.2, 0.25) is 0 Å². The number of nitrogens with one attached hydrogen (secondary N) is 1. The predicted octanol–water partition coefficient (Wildman–Crippen LogP) is 2.28. The normalized spacial score (nSPS) is 18.5. The standard InChI is InChI=1S/C15H20N4O2S/c1-11-5-6-19-15(16-10-17-19)14(11)18-13(20)9-22-8-12-4-2-3-7-21-12/h5-6,10,12H,2-4,7-9H2,1H3,(H,18,20). The van der Waals surface area contributed by atoms with Gasteiger partial charge in [0.25, 0.3) is 0 Å². The van der Waals surface area contributed by atoms with Crippen molar-refractivity contribution in [3.8, 4) is 0 Å². The summed E-state index contributed by atoms with van der Waals surface area (Å²) in [5.41, 5.74) is 2.39. The number of hydrogen-bond donors (Lipinski definition) is 1. The molecule has 1 N–H and O–H groups in total. The number of ether oxygens (including phenoxy) is 1. The maximum Gasteiger partial charge on any atom is 0.234 e. The van der Waals surface area contributed by atoms with Gasteiger partial charge in [0.15, 0.2) is 5.65 Å². The Morgan fingerprint density at radius 2 is 2.45 bits per heavy atom. The van der Waals surface area contributed by atoms with Crippen LogP contribution < -0.4 is 5.32 Å². The van der Waals surface area contributed by atoms with Gasteiger partial charge in [-0.2, -0.15) is 5.10 Å². The minimum atomic E-state index is -0.0139. The molecule has 6 nitrogen and oxygen atoms in total. The molecule has 22 heavy (non-hydrogen) atoms. The van der Waals surface area contributed by atoms with Crippen molar-refractivity contribution < 1.29 is 9.53 Å². The van der Waals surface area contributed by atoms with E-state index in [4.69, 9.17) is 4.74 Å². The monoisotopic (exact) mass is 320 g/mol. The van der Waals surface area contributed by atoms with Gasteiger partial charge in [-0.25, -0.2) is 9.50 Å². The topological polar surface area (TPSA) is 68.5 Å². The van der Waals surface area contributed by atoms with Crippen LogP contribution in [0.1, 0.15) is 24.8 Å². The molecule has 1 fully saturated rings. The van der Waals surface area contributed by atoms with Crippen LogP contribution in [-0.2, 0) is 9.53 Å². The summed E-state index contributed by atoms with van der Waals surface area (Å²) < 4.78 is 7.33. The van der Waals surface area contributed by atoms with Crippen molar-refractivity contribution in [2.75, 3.05) is 23.4 Å². The number of pyridine rings is 1. The minimum absolute atomic E-state index is 0.0139. The molecule has 0 aromatic carbocycles. The summed E-state index contributed by atoms with van der Waals surface area (Å²) in [5.74, 6) is 1.29. The maximum absolute atomic E-state index is 12.1. The molecule has 2 aromatic rings. The van der Waals surface area contributed by atoms with Gasteiger partial charge in [-0.05, 0) is 37.8 Å². The van der Waals surface area contributed by atoms with E-state index in [1.54, 1.807) is 16.3 Å². The largest absolute Gasteiger partial charge is 0.377 e. The molecule has 1 unspecified atom stereocenters. The molecule has 0 spiro atoms. The molecule has 0 bridgehead atoms. The van der Waals surface area contributed by atoms with Crippen LogP contribution >= 0.6 is 11.8 Å². The molecule has 2 aromatic heterocycles. The number of anilines is 1. The highest BCUT2D eigenvalue weighted by Crippen LogP contribution is 2.21. The van der Waals surface area contributed by atoms with Gasteiger partial charge in [0, 0.05) is 18.6 Å². The van der Waals surface area contributed by atoms with Gasteiger partial charge in [-0.15, -0.1) is 11.8 Å². The number of nitrogens with zero attached hydrogens (tertiary/aromatic N) is 3. The predicted molar refractivity (Wildman–Crippen MR) is 87.3 cm³/mol. The number of aromatic nitrogens is 3. The first kappa shape index (κ1) is 15.3. The first-order valence-electron chi connectivity index (χ1n) is 7.52. The van der Waals surface area contributed by atoms with Crippen LogP contribution in [0.5, 0.6) is 0 Å². The molecule has 0 saturated carbocycles. The summed E-state index contributed by atoms with van der Waals surface area (Å²) in [6.07, 6.45) is 7.11. The first-order chi connectivity index (χ1) is 10.7. The van der Waals surface area contributed by atoms with E-state index in [2.05, 4.69) is 15.4 Å². The van der Waals surface area contributed by atoms with E-state index >= 15 is 0 Å². The molecule has 1 saturated heterocycles. The molecule has 0 radical (unpaired) electrons. The summed E-state index contributed by atoms with van der Waals surface area (Å²) >= 11 is 1.62. The lowest BCUT2D eigenvalue weighted by Gasteiger charge is -2.21. The summed E-state index contributed by atoms with van der Waals surface area (Å²) in [5, 5.41) is 7.04. The fourth-order valence-corrected chi connectivity index (χ4v) is 3.43. The van der Waals surface area contributed by atoms with E-state index in [1.807, 2.05) is 19.2 Å². The molecule has 3 rings (SSSR count). The third-order valence-corrected chi connectivity index (χ3v) is 4.81. The number of aryl methyl sites for hydroxylation is 1. The van der Waals surface area contributed by atoms with Gasteiger partial charge in [0.2, 0.25) is 5.91 Å². The Labute approximate surface area is 133 Å². The van der Waals surface area contributed by atoms with Crippen molar-refractivity contribution in [1.82, 2.24) is 14.6 Å². The van der Waals surface area contributed by atoms with Gasteiger partial charge in [-0.1, -0.05) is 0 Å². The van der Waals surface area contributed by atoms with Crippen molar-refractivity contribution in [3.63, 3.8) is 0 Å². The summed E-state index contributed by atoms with van der Waals surface area (Å²) in [6, 6.07) is 1.92. The minimum Gasteiger partial charge on any atom is -0.377 e. The van der Waals surface area contributed by atoms with Gasteiger partial charge >= 0.3 is 0 Å². The molecule has 1 atom stereocenters. The van der Waals surface area contributed by atoms with Crippen LogP contribution in [0.25, 0.3) is 5.65 Å². The van der Waals surface area contributed by atoms with E-state index in [0.29, 0.717) is 17.5 Å². The Bertz CT molecular complexity index is 652. The molecule has 0 aliphatic carbocycles. The zero-order chi connectivity index (χ0) is 15.4. The molecule has 1 amide bonds. The van der Waals surface area contributed by atoms with Crippen molar-refractivity contribution in [3.05, 3.63) is 24.2 Å². The Morgan fingerprint density at radius 1 is 1.55 bits per heavy atom. The van der Waals surface area contributed by atoms with Gasteiger partial charge < -0.3 is 10.1 Å². The van der Waals surface area contributed by atoms with Gasteiger partial charge in [0.1, 0.15) is 6.33 Å². The molecule has 1 aliphatic heterocycles. The second-order valence-corrected chi connectivity index (χ2v) is 6.48. The van der Waals surface area contributed by atoms with Gasteiger partial charge in [0.05, 0.1) is 17.5 Å². The summed E-state index contributed by atoms with van der Waals surface area (Å²) in [4.78, 5) is 16.3. The van der Waals surface area contributed by atoms with E-state index in [0.717, 1.165) is 36.5 Å². The first-order valence-corrected chi connectivity index (χ1v) is 8.67. The molecular formula is C15H20N4O2S. The van der Waals surface area contributed by atoms with Crippen molar-refractivity contribution in [2.45, 2.75) is 32.3 Å². The molecule has 118 valence electrons. The number of hydrogen-bond acceptors (Lipinski definition) is 5. The van der Waals surface area contributed by atoms with E-state index in [1.165, 1.54) is 12.7 Å². The van der Waals surface area contributed by atoms with Crippen LogP contribution in [-0.4, -0.2) is 44.7 Å². The highest BCUT2D eigenvalue weighted by atomic mass is 32.2. The number of carbonyl (C=O) groups is 1. The number of rotatable bonds is 5. The Morgan fingerprint density at radius 3 is 3.27 bits per heavy atom. The van der Waals surface area contributed by atoms with Crippen LogP contribution in [0.15, 0.2) is 18.6 Å². The third-order valence-electron chi connectivity index (χ3n) is 3.73. The highest BCUT2D eigenvalue weighted by molar-refractivity contribution is 8.00. The number of fused-ring (bicyclic) bond motifs is 1. The number of thioether (sulfide) groups is 1. The van der Waals surface area contributed by atoms with Crippen molar-refractivity contribution in [1.29, 1.82) is 0 Å². The quantitative estimate of drug-likeness (QED) is 0.915. The Hall–Kier alpha value is -1.60. The Kier molecular flexibility index (Phi) is 4.94. The average molecular weight is 320 g/mol. The molecule has 1 aliphatic rings. The maximum atomic E-state index is 12.1. The lowest BCUT2D eigenvalue weighted by atomic mass is 10.1. The van der Waals surface area contributed by atoms with Crippen LogP contribution in [0, 0.1) is 6.92 Å². The number of carbonyl (C=O) groups excluding carboxylic acids is 1. The van der Waals surface area contributed by atoms with E-state index in [9.17, 15) is 4.79 Å². The van der Waals surface area contributed by atoms with Crippen molar-refractivity contribution in [2.24, 2.45) is 0 Å². The zero-order valence-corrected chi connectivity index (χ0v) is 13.4. The van der Waals surface area contributed by atoms with Crippen molar-refractivity contribution >= 4 is 29.0 Å². The summed E-state index contributed by atoms with van der Waals surface area (Å²) in [7, 11) is 0. The SMILES string of the molecule is Cc1ccn2ncnc2c1NC(=O)CSCC1CCCCO1. The smallest absolute Gasteiger partial charge is 0.234 e. The van der Waals surface area contributed by atoms with E-state index < -0.39 is 0 Å². The van der Waals surface area contributed by atoms with E-state index in [-0.39, 0.29) is 5.91 Å². The fraction of sp³-hybridized carbons (Fsp3) is 0.533. The Balaban J connectivity index is 1.54.